The quantitative estimate of drug-likeness (QED) is 0.886. The van der Waals surface area contributed by atoms with Crippen LogP contribution < -0.4 is 10.2 Å². The Balaban J connectivity index is 1.84. The zero-order chi connectivity index (χ0) is 14.1. The second-order valence-electron chi connectivity index (χ2n) is 5.43. The maximum Gasteiger partial charge on any atom is 0.245 e. The molecule has 2 aromatic rings. The number of piperazine rings is 1. The molecule has 1 saturated heterocycles. The molecule has 3 rings (SSSR count). The Hall–Kier alpha value is -1.54. The van der Waals surface area contributed by atoms with Gasteiger partial charge in [0, 0.05) is 25.7 Å². The van der Waals surface area contributed by atoms with Gasteiger partial charge < -0.3 is 10.2 Å². The lowest BCUT2D eigenvalue weighted by molar-refractivity contribution is 0.480. The predicted octanol–water partition coefficient (Wildman–Crippen LogP) is 1.24. The molecule has 3 heterocycles. The van der Waals surface area contributed by atoms with Crippen molar-refractivity contribution in [2.75, 3.05) is 24.5 Å². The molecule has 8 heteroatoms. The SMILES string of the molecule is CC1CN(c2n[nH]c(-c3snnc3C(C)C)n2)CCN1. The third-order valence-corrected chi connectivity index (χ3v) is 4.15. The van der Waals surface area contributed by atoms with Crippen molar-refractivity contribution < 1.29 is 0 Å². The van der Waals surface area contributed by atoms with Gasteiger partial charge in [-0.15, -0.1) is 10.2 Å². The fourth-order valence-corrected chi connectivity index (χ4v) is 3.11. The number of rotatable bonds is 3. The van der Waals surface area contributed by atoms with E-state index in [1.54, 1.807) is 0 Å². The second kappa shape index (κ2) is 5.45. The summed E-state index contributed by atoms with van der Waals surface area (Å²) in [5, 5.41) is 15.0. The molecule has 0 aromatic carbocycles. The summed E-state index contributed by atoms with van der Waals surface area (Å²) in [6.07, 6.45) is 0. The number of hydrogen-bond acceptors (Lipinski definition) is 7. The first-order valence-electron chi connectivity index (χ1n) is 6.88. The number of anilines is 1. The molecule has 0 amide bonds. The fourth-order valence-electron chi connectivity index (χ4n) is 2.35. The standard InChI is InChI=1S/C12H19N7S/c1-7(2)9-10(20-18-15-9)11-14-12(17-16-11)19-5-4-13-8(3)6-19/h7-8,13H,4-6H2,1-3H3,(H,14,16,17). The van der Waals surface area contributed by atoms with E-state index >= 15 is 0 Å². The van der Waals surface area contributed by atoms with Crippen molar-refractivity contribution in [1.29, 1.82) is 0 Å². The Kier molecular flexibility index (Phi) is 3.66. The van der Waals surface area contributed by atoms with E-state index < -0.39 is 0 Å². The molecule has 0 saturated carbocycles. The predicted molar refractivity (Wildman–Crippen MR) is 79.1 cm³/mol. The second-order valence-corrected chi connectivity index (χ2v) is 6.18. The lowest BCUT2D eigenvalue weighted by Gasteiger charge is -2.30. The van der Waals surface area contributed by atoms with E-state index in [2.05, 4.69) is 55.8 Å². The van der Waals surface area contributed by atoms with Crippen molar-refractivity contribution in [2.24, 2.45) is 0 Å². The molecule has 1 atom stereocenters. The molecule has 1 fully saturated rings. The molecule has 0 spiro atoms. The molecule has 20 heavy (non-hydrogen) atoms. The van der Waals surface area contributed by atoms with Crippen LogP contribution in [0.25, 0.3) is 10.7 Å². The first-order valence-corrected chi connectivity index (χ1v) is 7.66. The molecule has 1 unspecified atom stereocenters. The summed E-state index contributed by atoms with van der Waals surface area (Å²) in [6.45, 7) is 9.20. The van der Waals surface area contributed by atoms with E-state index in [1.807, 2.05) is 0 Å². The Labute approximate surface area is 122 Å². The molecular formula is C12H19N7S. The lowest BCUT2D eigenvalue weighted by Crippen LogP contribution is -2.49. The average Bonchev–Trinajstić information content (AvgIpc) is 3.07. The van der Waals surface area contributed by atoms with Crippen LogP contribution in [-0.2, 0) is 0 Å². The minimum Gasteiger partial charge on any atom is -0.337 e. The molecule has 0 bridgehead atoms. The Morgan fingerprint density at radius 3 is 3.00 bits per heavy atom. The van der Waals surface area contributed by atoms with Gasteiger partial charge in [0.15, 0.2) is 5.82 Å². The zero-order valence-corrected chi connectivity index (χ0v) is 12.7. The Morgan fingerprint density at radius 2 is 2.25 bits per heavy atom. The van der Waals surface area contributed by atoms with Crippen LogP contribution in [0.3, 0.4) is 0 Å². The van der Waals surface area contributed by atoms with Crippen LogP contribution in [0.15, 0.2) is 0 Å². The smallest absolute Gasteiger partial charge is 0.245 e. The molecule has 0 radical (unpaired) electrons. The molecule has 2 aromatic heterocycles. The molecule has 0 aliphatic carbocycles. The van der Waals surface area contributed by atoms with Gasteiger partial charge in [-0.1, -0.05) is 18.3 Å². The van der Waals surface area contributed by atoms with Crippen molar-refractivity contribution in [1.82, 2.24) is 30.1 Å². The van der Waals surface area contributed by atoms with Crippen LogP contribution >= 0.6 is 11.5 Å². The van der Waals surface area contributed by atoms with Gasteiger partial charge in [-0.25, -0.2) is 0 Å². The summed E-state index contributed by atoms with van der Waals surface area (Å²) in [7, 11) is 0. The van der Waals surface area contributed by atoms with Gasteiger partial charge >= 0.3 is 0 Å². The van der Waals surface area contributed by atoms with Crippen molar-refractivity contribution in [2.45, 2.75) is 32.7 Å². The highest BCUT2D eigenvalue weighted by Gasteiger charge is 2.22. The first-order chi connectivity index (χ1) is 9.65. The van der Waals surface area contributed by atoms with Gasteiger partial charge in [0.05, 0.1) is 5.69 Å². The van der Waals surface area contributed by atoms with Gasteiger partial charge in [-0.3, -0.25) is 5.10 Å². The molecular weight excluding hydrogens is 274 g/mol. The van der Waals surface area contributed by atoms with Crippen molar-refractivity contribution >= 4 is 17.5 Å². The van der Waals surface area contributed by atoms with Crippen molar-refractivity contribution in [3.05, 3.63) is 5.69 Å². The topological polar surface area (TPSA) is 82.6 Å². The summed E-state index contributed by atoms with van der Waals surface area (Å²) in [5.74, 6) is 1.86. The minimum atomic E-state index is 0.330. The van der Waals surface area contributed by atoms with E-state index in [4.69, 9.17) is 0 Å². The monoisotopic (exact) mass is 293 g/mol. The lowest BCUT2D eigenvalue weighted by atomic mass is 10.1. The molecule has 108 valence electrons. The third kappa shape index (κ3) is 2.53. The van der Waals surface area contributed by atoms with E-state index in [-0.39, 0.29) is 0 Å². The van der Waals surface area contributed by atoms with Crippen LogP contribution in [-0.4, -0.2) is 50.4 Å². The van der Waals surface area contributed by atoms with Crippen molar-refractivity contribution in [3.8, 4) is 10.7 Å². The van der Waals surface area contributed by atoms with Gasteiger partial charge in [0.1, 0.15) is 4.88 Å². The molecule has 2 N–H and O–H groups in total. The molecule has 1 aliphatic heterocycles. The summed E-state index contributed by atoms with van der Waals surface area (Å²) in [4.78, 5) is 7.80. The van der Waals surface area contributed by atoms with Crippen LogP contribution in [0.1, 0.15) is 32.4 Å². The highest BCUT2D eigenvalue weighted by Crippen LogP contribution is 2.29. The normalized spacial score (nSPS) is 19.8. The number of hydrogen-bond donors (Lipinski definition) is 2. The van der Waals surface area contributed by atoms with Crippen LogP contribution in [0, 0.1) is 0 Å². The van der Waals surface area contributed by atoms with Crippen molar-refractivity contribution in [3.63, 3.8) is 0 Å². The number of aromatic amines is 1. The summed E-state index contributed by atoms with van der Waals surface area (Å²) in [5.41, 5.74) is 0.978. The highest BCUT2D eigenvalue weighted by molar-refractivity contribution is 7.09. The van der Waals surface area contributed by atoms with Gasteiger partial charge in [-0.05, 0) is 24.4 Å². The zero-order valence-electron chi connectivity index (χ0n) is 11.9. The highest BCUT2D eigenvalue weighted by atomic mass is 32.1. The molecule has 7 nitrogen and oxygen atoms in total. The van der Waals surface area contributed by atoms with E-state index in [1.165, 1.54) is 11.5 Å². The maximum absolute atomic E-state index is 4.62. The van der Waals surface area contributed by atoms with Gasteiger partial charge in [0.25, 0.3) is 0 Å². The van der Waals surface area contributed by atoms with E-state index in [0.29, 0.717) is 12.0 Å². The van der Waals surface area contributed by atoms with Crippen LogP contribution in [0.5, 0.6) is 0 Å². The van der Waals surface area contributed by atoms with Gasteiger partial charge in [0.2, 0.25) is 5.95 Å². The Bertz CT molecular complexity index is 576. The fraction of sp³-hybridized carbons (Fsp3) is 0.667. The number of nitrogens with one attached hydrogen (secondary N) is 2. The largest absolute Gasteiger partial charge is 0.337 e. The van der Waals surface area contributed by atoms with Crippen LogP contribution in [0.4, 0.5) is 5.95 Å². The third-order valence-electron chi connectivity index (χ3n) is 3.40. The average molecular weight is 293 g/mol. The van der Waals surface area contributed by atoms with E-state index in [0.717, 1.165) is 42.0 Å². The maximum atomic E-state index is 4.62. The number of H-pyrrole nitrogens is 1. The van der Waals surface area contributed by atoms with Crippen LogP contribution in [0.2, 0.25) is 0 Å². The number of nitrogens with zero attached hydrogens (tertiary/aromatic N) is 5. The molecule has 1 aliphatic rings. The minimum absolute atomic E-state index is 0.330. The van der Waals surface area contributed by atoms with E-state index in [9.17, 15) is 0 Å². The summed E-state index contributed by atoms with van der Waals surface area (Å²) >= 11 is 1.37. The first kappa shape index (κ1) is 13.4. The summed E-state index contributed by atoms with van der Waals surface area (Å²) < 4.78 is 4.03. The Morgan fingerprint density at radius 1 is 1.40 bits per heavy atom. The number of aromatic nitrogens is 5. The van der Waals surface area contributed by atoms with Gasteiger partial charge in [-0.2, -0.15) is 4.98 Å². The summed E-state index contributed by atoms with van der Waals surface area (Å²) in [6, 6.07) is 0.460.